The van der Waals surface area contributed by atoms with Gasteiger partial charge in [-0.1, -0.05) is 0 Å². The Morgan fingerprint density at radius 2 is 1.75 bits per heavy atom. The van der Waals surface area contributed by atoms with E-state index >= 15 is 0 Å². The Labute approximate surface area is 72.2 Å². The van der Waals surface area contributed by atoms with Crippen LogP contribution in [0, 0.1) is 0 Å². The van der Waals surface area contributed by atoms with Crippen molar-refractivity contribution in [1.82, 2.24) is 4.72 Å². The zero-order valence-corrected chi connectivity index (χ0v) is 8.28. The number of nitrogens with two attached hydrogens (primary N) is 1. The Morgan fingerprint density at radius 3 is 2.08 bits per heavy atom. The highest BCUT2D eigenvalue weighted by molar-refractivity contribution is 7.90. The number of hydrogen-bond donors (Lipinski definition) is 2. The molecule has 6 nitrogen and oxygen atoms in total. The molecule has 0 saturated carbocycles. The average molecular weight is 216 g/mol. The summed E-state index contributed by atoms with van der Waals surface area (Å²) in [6.07, 6.45) is 1.32. The van der Waals surface area contributed by atoms with Crippen molar-refractivity contribution in [3.05, 3.63) is 0 Å². The lowest BCUT2D eigenvalue weighted by Gasteiger charge is -1.99. The summed E-state index contributed by atoms with van der Waals surface area (Å²) in [6, 6.07) is 0. The topological polar surface area (TPSA) is 106 Å². The van der Waals surface area contributed by atoms with Crippen molar-refractivity contribution in [2.75, 3.05) is 18.6 Å². The summed E-state index contributed by atoms with van der Waals surface area (Å²) in [5.74, 6) is -0.0461. The Bertz CT molecular complexity index is 283. The smallest absolute Gasteiger partial charge is 0.229 e. The van der Waals surface area contributed by atoms with Gasteiger partial charge in [0.1, 0.15) is 9.84 Å². The van der Waals surface area contributed by atoms with Crippen LogP contribution in [-0.4, -0.2) is 35.4 Å². The van der Waals surface area contributed by atoms with Gasteiger partial charge in [-0.3, -0.25) is 0 Å². The Morgan fingerprint density at radius 1 is 1.25 bits per heavy atom. The maximum Gasteiger partial charge on any atom is 0.274 e. The standard InChI is InChI=1S/C4H12N2O4S2/c1-11(7,8)4-2-3-6-12(5,9)10/h6H,2-4H2,1H3,(H2,5,9,10). The summed E-state index contributed by atoms with van der Waals surface area (Å²) in [6.45, 7) is 0.0475. The predicted molar refractivity (Wildman–Crippen MR) is 45.4 cm³/mol. The summed E-state index contributed by atoms with van der Waals surface area (Å²) < 4.78 is 43.6. The van der Waals surface area contributed by atoms with E-state index in [0.29, 0.717) is 0 Å². The van der Waals surface area contributed by atoms with E-state index in [9.17, 15) is 16.8 Å². The highest BCUT2D eigenvalue weighted by Gasteiger charge is 2.03. The van der Waals surface area contributed by atoms with Crippen LogP contribution < -0.4 is 9.86 Å². The molecule has 0 atom stereocenters. The summed E-state index contributed by atoms with van der Waals surface area (Å²) in [5, 5.41) is 4.60. The molecule has 3 N–H and O–H groups in total. The van der Waals surface area contributed by atoms with Crippen molar-refractivity contribution >= 4 is 20.0 Å². The molecule has 0 radical (unpaired) electrons. The normalized spacial score (nSPS) is 13.2. The van der Waals surface area contributed by atoms with Gasteiger partial charge in [0.25, 0.3) is 10.2 Å². The molecule has 0 heterocycles. The lowest BCUT2D eigenvalue weighted by Crippen LogP contribution is -2.32. The van der Waals surface area contributed by atoms with Gasteiger partial charge in [0.2, 0.25) is 0 Å². The van der Waals surface area contributed by atoms with Gasteiger partial charge in [-0.15, -0.1) is 0 Å². The fraction of sp³-hybridized carbons (Fsp3) is 1.00. The van der Waals surface area contributed by atoms with Crippen molar-refractivity contribution in [2.24, 2.45) is 5.14 Å². The minimum atomic E-state index is -3.69. The number of rotatable bonds is 5. The number of nitrogens with one attached hydrogen (secondary N) is 1. The van der Waals surface area contributed by atoms with Crippen LogP contribution in [-0.2, 0) is 20.0 Å². The van der Waals surface area contributed by atoms with Crippen molar-refractivity contribution in [2.45, 2.75) is 6.42 Å². The second-order valence-electron chi connectivity index (χ2n) is 2.42. The first-order valence-corrected chi connectivity index (χ1v) is 6.76. The van der Waals surface area contributed by atoms with Crippen molar-refractivity contribution in [1.29, 1.82) is 0 Å². The SMILES string of the molecule is CS(=O)(=O)CCCNS(N)(=O)=O. The van der Waals surface area contributed by atoms with Gasteiger partial charge in [0.15, 0.2) is 0 Å². The van der Waals surface area contributed by atoms with E-state index in [-0.39, 0.29) is 18.7 Å². The zero-order valence-electron chi connectivity index (χ0n) is 6.65. The largest absolute Gasteiger partial charge is 0.274 e. The minimum absolute atomic E-state index is 0.0461. The van der Waals surface area contributed by atoms with Crippen LogP contribution in [0.4, 0.5) is 0 Å². The summed E-state index contributed by atoms with van der Waals surface area (Å²) >= 11 is 0. The molecular weight excluding hydrogens is 204 g/mol. The van der Waals surface area contributed by atoms with Crippen LogP contribution in [0.25, 0.3) is 0 Å². The fourth-order valence-corrected chi connectivity index (χ4v) is 1.65. The molecule has 12 heavy (non-hydrogen) atoms. The molecule has 0 bridgehead atoms. The third kappa shape index (κ3) is 9.82. The number of hydrogen-bond acceptors (Lipinski definition) is 4. The van der Waals surface area contributed by atoms with Gasteiger partial charge >= 0.3 is 0 Å². The van der Waals surface area contributed by atoms with E-state index in [1.165, 1.54) is 0 Å². The molecule has 0 aromatic heterocycles. The van der Waals surface area contributed by atoms with E-state index in [4.69, 9.17) is 0 Å². The van der Waals surface area contributed by atoms with Crippen LogP contribution in [0.1, 0.15) is 6.42 Å². The van der Waals surface area contributed by atoms with Crippen LogP contribution >= 0.6 is 0 Å². The third-order valence-corrected chi connectivity index (χ3v) is 2.63. The molecule has 0 spiro atoms. The average Bonchev–Trinajstić information content (AvgIpc) is 1.76. The molecule has 0 rings (SSSR count). The van der Waals surface area contributed by atoms with E-state index in [1.807, 2.05) is 4.72 Å². The Hall–Kier alpha value is -0.180. The van der Waals surface area contributed by atoms with Crippen LogP contribution in [0.15, 0.2) is 0 Å². The lowest BCUT2D eigenvalue weighted by molar-refractivity contribution is 0.579. The van der Waals surface area contributed by atoms with Crippen molar-refractivity contribution < 1.29 is 16.8 Å². The summed E-state index contributed by atoms with van der Waals surface area (Å²) in [4.78, 5) is 0. The molecule has 74 valence electrons. The van der Waals surface area contributed by atoms with E-state index in [2.05, 4.69) is 5.14 Å². The van der Waals surface area contributed by atoms with Gasteiger partial charge in [0.05, 0.1) is 5.75 Å². The van der Waals surface area contributed by atoms with Gasteiger partial charge < -0.3 is 0 Å². The minimum Gasteiger partial charge on any atom is -0.229 e. The van der Waals surface area contributed by atoms with Crippen LogP contribution in [0.2, 0.25) is 0 Å². The molecule has 0 unspecified atom stereocenters. The molecule has 0 fully saturated rings. The second-order valence-corrected chi connectivity index (χ2v) is 6.06. The van der Waals surface area contributed by atoms with Gasteiger partial charge in [-0.25, -0.2) is 18.3 Å². The molecule has 0 aliphatic heterocycles. The van der Waals surface area contributed by atoms with Crippen molar-refractivity contribution in [3.8, 4) is 0 Å². The maximum atomic E-state index is 10.5. The summed E-state index contributed by atoms with van der Waals surface area (Å²) in [7, 11) is -6.70. The lowest BCUT2D eigenvalue weighted by atomic mass is 10.5. The first-order chi connectivity index (χ1) is 5.21. The molecule has 0 aromatic carbocycles. The molecular formula is C4H12N2O4S2. The summed E-state index contributed by atoms with van der Waals surface area (Å²) in [5.41, 5.74) is 0. The highest BCUT2D eigenvalue weighted by Crippen LogP contribution is 1.86. The van der Waals surface area contributed by atoms with Crippen LogP contribution in [0.5, 0.6) is 0 Å². The first kappa shape index (κ1) is 11.8. The van der Waals surface area contributed by atoms with Gasteiger partial charge in [0, 0.05) is 12.8 Å². The molecule has 0 amide bonds. The quantitative estimate of drug-likeness (QED) is 0.529. The monoisotopic (exact) mass is 216 g/mol. The molecule has 0 saturated heterocycles. The second kappa shape index (κ2) is 4.17. The fourth-order valence-electron chi connectivity index (χ4n) is 0.549. The Kier molecular flexibility index (Phi) is 4.11. The molecule has 8 heteroatoms. The van der Waals surface area contributed by atoms with E-state index in [1.54, 1.807) is 0 Å². The van der Waals surface area contributed by atoms with E-state index in [0.717, 1.165) is 6.26 Å². The number of sulfone groups is 1. The zero-order chi connectivity index (χ0) is 9.83. The Balaban J connectivity index is 3.62. The van der Waals surface area contributed by atoms with E-state index < -0.39 is 20.0 Å². The van der Waals surface area contributed by atoms with Gasteiger partial charge in [-0.05, 0) is 6.42 Å². The molecule has 0 aliphatic rings. The van der Waals surface area contributed by atoms with Gasteiger partial charge in [-0.2, -0.15) is 8.42 Å². The maximum absolute atomic E-state index is 10.5. The van der Waals surface area contributed by atoms with Crippen molar-refractivity contribution in [3.63, 3.8) is 0 Å². The molecule has 0 aliphatic carbocycles. The van der Waals surface area contributed by atoms with Crippen LogP contribution in [0.3, 0.4) is 0 Å². The first-order valence-electron chi connectivity index (χ1n) is 3.16. The highest BCUT2D eigenvalue weighted by atomic mass is 32.2. The third-order valence-electron chi connectivity index (χ3n) is 0.995. The molecule has 0 aromatic rings. The predicted octanol–water partition coefficient (Wildman–Crippen LogP) is -1.79.